The second-order valence-corrected chi connectivity index (χ2v) is 6.86. The molecule has 0 unspecified atom stereocenters. The Balaban J connectivity index is 1.65. The van der Waals surface area contributed by atoms with Crippen LogP contribution in [0.4, 0.5) is 0 Å². The predicted molar refractivity (Wildman–Crippen MR) is 79.1 cm³/mol. The first kappa shape index (κ1) is 12.5. The van der Waals surface area contributed by atoms with E-state index in [0.29, 0.717) is 29.6 Å². The molecule has 1 aromatic carbocycles. The summed E-state index contributed by atoms with van der Waals surface area (Å²) in [4.78, 5) is 4.60. The van der Waals surface area contributed by atoms with E-state index >= 15 is 0 Å². The summed E-state index contributed by atoms with van der Waals surface area (Å²) in [7, 11) is 0. The maximum absolute atomic E-state index is 6.11. The zero-order valence-corrected chi connectivity index (χ0v) is 12.8. The lowest BCUT2D eigenvalue weighted by molar-refractivity contribution is 0.341. The van der Waals surface area contributed by atoms with Gasteiger partial charge in [0.25, 0.3) is 0 Å². The zero-order valence-electron chi connectivity index (χ0n) is 11.2. The molecule has 1 heterocycles. The Hall–Kier alpha value is -1.20. The van der Waals surface area contributed by atoms with Crippen LogP contribution in [0.25, 0.3) is 11.4 Å². The highest BCUT2D eigenvalue weighted by Crippen LogP contribution is 2.58. The number of fused-ring (bicyclic) bond motifs is 1. The normalized spacial score (nSPS) is 31.4. The minimum absolute atomic E-state index is 0.312. The third-order valence-electron chi connectivity index (χ3n) is 4.61. The Labute approximate surface area is 125 Å². The van der Waals surface area contributed by atoms with Crippen LogP contribution in [0.15, 0.2) is 27.2 Å². The van der Waals surface area contributed by atoms with Gasteiger partial charge >= 0.3 is 0 Å². The molecule has 2 aliphatic carbocycles. The van der Waals surface area contributed by atoms with Gasteiger partial charge in [0.1, 0.15) is 0 Å². The van der Waals surface area contributed by atoms with Crippen molar-refractivity contribution in [2.45, 2.75) is 31.7 Å². The summed E-state index contributed by atoms with van der Waals surface area (Å²) < 4.78 is 6.49. The fourth-order valence-corrected chi connectivity index (χ4v) is 4.08. The van der Waals surface area contributed by atoms with Crippen molar-refractivity contribution < 1.29 is 4.52 Å². The van der Waals surface area contributed by atoms with Crippen LogP contribution in [0.2, 0.25) is 0 Å². The molecule has 0 spiro atoms. The van der Waals surface area contributed by atoms with E-state index in [1.807, 2.05) is 6.07 Å². The summed E-state index contributed by atoms with van der Waals surface area (Å²) in [6, 6.07) is 6.45. The number of hydrogen-bond acceptors (Lipinski definition) is 4. The minimum Gasteiger partial charge on any atom is -0.339 e. The SMILES string of the molecule is Cc1ccc(-c2noc([C@@H]3C[C@H](N)[C@H]4C[C@H]43)n2)c(Br)c1. The van der Waals surface area contributed by atoms with Crippen LogP contribution < -0.4 is 5.73 Å². The number of aryl methyl sites for hydroxylation is 1. The fourth-order valence-electron chi connectivity index (χ4n) is 3.41. The molecular formula is C15H16BrN3O. The molecule has 1 aromatic heterocycles. The molecule has 2 fully saturated rings. The maximum Gasteiger partial charge on any atom is 0.230 e. The van der Waals surface area contributed by atoms with Crippen molar-refractivity contribution in [3.05, 3.63) is 34.1 Å². The van der Waals surface area contributed by atoms with E-state index < -0.39 is 0 Å². The van der Waals surface area contributed by atoms with E-state index in [9.17, 15) is 0 Å². The highest BCUT2D eigenvalue weighted by molar-refractivity contribution is 9.10. The molecule has 0 radical (unpaired) electrons. The van der Waals surface area contributed by atoms with Crippen LogP contribution in [0.5, 0.6) is 0 Å². The molecule has 2 N–H and O–H groups in total. The number of aromatic nitrogens is 2. The molecule has 0 amide bonds. The number of benzene rings is 1. The molecule has 2 aliphatic rings. The third-order valence-corrected chi connectivity index (χ3v) is 5.26. The Morgan fingerprint density at radius 3 is 2.80 bits per heavy atom. The van der Waals surface area contributed by atoms with Crippen LogP contribution in [-0.2, 0) is 0 Å². The van der Waals surface area contributed by atoms with Crippen LogP contribution in [-0.4, -0.2) is 16.2 Å². The first-order valence-electron chi connectivity index (χ1n) is 6.99. The van der Waals surface area contributed by atoms with Gasteiger partial charge in [-0.15, -0.1) is 0 Å². The Bertz CT molecular complexity index is 669. The number of rotatable bonds is 2. The Morgan fingerprint density at radius 1 is 1.30 bits per heavy atom. The first-order valence-corrected chi connectivity index (χ1v) is 7.78. The molecule has 2 aromatic rings. The smallest absolute Gasteiger partial charge is 0.230 e. The molecule has 0 bridgehead atoms. The van der Waals surface area contributed by atoms with Gasteiger partial charge in [-0.2, -0.15) is 4.98 Å². The summed E-state index contributed by atoms with van der Waals surface area (Å²) in [6.45, 7) is 2.06. The largest absolute Gasteiger partial charge is 0.339 e. The summed E-state index contributed by atoms with van der Waals surface area (Å²) in [6.07, 6.45) is 2.20. The predicted octanol–water partition coefficient (Wildman–Crippen LogP) is 3.26. The molecule has 0 aliphatic heterocycles. The average molecular weight is 334 g/mol. The van der Waals surface area contributed by atoms with E-state index in [4.69, 9.17) is 10.3 Å². The standard InChI is InChI=1S/C15H16BrN3O/c1-7-2-3-8(12(16)4-7)14-18-15(20-19-14)11-6-13(17)10-5-9(10)11/h2-4,9-11,13H,5-6,17H2,1H3/t9-,10+,11-,13+/m1/s1. The van der Waals surface area contributed by atoms with Crippen LogP contribution in [0.3, 0.4) is 0 Å². The maximum atomic E-state index is 6.11. The topological polar surface area (TPSA) is 64.9 Å². The van der Waals surface area contributed by atoms with Gasteiger partial charge in [-0.25, -0.2) is 0 Å². The molecular weight excluding hydrogens is 318 g/mol. The van der Waals surface area contributed by atoms with Crippen LogP contribution in [0, 0.1) is 18.8 Å². The zero-order chi connectivity index (χ0) is 13.9. The molecule has 20 heavy (non-hydrogen) atoms. The number of hydrogen-bond donors (Lipinski definition) is 1. The van der Waals surface area contributed by atoms with Crippen molar-refractivity contribution in [1.82, 2.24) is 10.1 Å². The number of nitrogens with zero attached hydrogens (tertiary/aromatic N) is 2. The Kier molecular flexibility index (Phi) is 2.76. The van der Waals surface area contributed by atoms with Gasteiger partial charge in [-0.1, -0.05) is 27.2 Å². The lowest BCUT2D eigenvalue weighted by atomic mass is 10.0. The molecule has 104 valence electrons. The lowest BCUT2D eigenvalue weighted by Crippen LogP contribution is -2.19. The van der Waals surface area contributed by atoms with Gasteiger partial charge in [-0.3, -0.25) is 0 Å². The molecule has 2 saturated carbocycles. The van der Waals surface area contributed by atoms with Crippen molar-refractivity contribution in [1.29, 1.82) is 0 Å². The second kappa shape index (κ2) is 4.40. The fraction of sp³-hybridized carbons (Fsp3) is 0.467. The summed E-state index contributed by atoms with van der Waals surface area (Å²) in [5, 5.41) is 4.14. The summed E-state index contributed by atoms with van der Waals surface area (Å²) >= 11 is 3.56. The molecule has 4 nitrogen and oxygen atoms in total. The van der Waals surface area contributed by atoms with Gasteiger partial charge in [-0.05, 0) is 49.3 Å². The van der Waals surface area contributed by atoms with Gasteiger partial charge in [0.2, 0.25) is 11.7 Å². The van der Waals surface area contributed by atoms with Crippen molar-refractivity contribution in [3.8, 4) is 11.4 Å². The van der Waals surface area contributed by atoms with E-state index in [1.165, 1.54) is 12.0 Å². The molecule has 5 heteroatoms. The van der Waals surface area contributed by atoms with Gasteiger partial charge < -0.3 is 10.3 Å². The molecule has 4 rings (SSSR count). The van der Waals surface area contributed by atoms with E-state index in [-0.39, 0.29) is 0 Å². The highest BCUT2D eigenvalue weighted by atomic mass is 79.9. The van der Waals surface area contributed by atoms with E-state index in [2.05, 4.69) is 45.1 Å². The first-order chi connectivity index (χ1) is 9.63. The van der Waals surface area contributed by atoms with E-state index in [0.717, 1.165) is 22.3 Å². The average Bonchev–Trinajstić information content (AvgIpc) is 2.93. The number of nitrogens with two attached hydrogens (primary N) is 1. The van der Waals surface area contributed by atoms with Crippen molar-refractivity contribution >= 4 is 15.9 Å². The van der Waals surface area contributed by atoms with Gasteiger partial charge in [0.05, 0.1) is 0 Å². The summed E-state index contributed by atoms with van der Waals surface area (Å²) in [5.41, 5.74) is 8.28. The highest BCUT2D eigenvalue weighted by Gasteiger charge is 2.55. The number of halogens is 1. The van der Waals surface area contributed by atoms with E-state index in [1.54, 1.807) is 0 Å². The van der Waals surface area contributed by atoms with Gasteiger partial charge in [0, 0.05) is 22.0 Å². The van der Waals surface area contributed by atoms with Crippen LogP contribution >= 0.6 is 15.9 Å². The summed E-state index contributed by atoms with van der Waals surface area (Å²) in [5.74, 6) is 3.12. The second-order valence-electron chi connectivity index (χ2n) is 6.01. The quantitative estimate of drug-likeness (QED) is 0.916. The minimum atomic E-state index is 0.312. The monoisotopic (exact) mass is 333 g/mol. The lowest BCUT2D eigenvalue weighted by Gasteiger charge is -2.07. The molecule has 4 atom stereocenters. The van der Waals surface area contributed by atoms with Crippen molar-refractivity contribution in [3.63, 3.8) is 0 Å². The van der Waals surface area contributed by atoms with Crippen molar-refractivity contribution in [2.24, 2.45) is 17.6 Å². The van der Waals surface area contributed by atoms with Crippen LogP contribution in [0.1, 0.15) is 30.2 Å². The van der Waals surface area contributed by atoms with Crippen molar-refractivity contribution in [2.75, 3.05) is 0 Å². The molecule has 0 saturated heterocycles. The van der Waals surface area contributed by atoms with Gasteiger partial charge in [0.15, 0.2) is 0 Å². The third kappa shape index (κ3) is 1.91. The Morgan fingerprint density at radius 2 is 2.15 bits per heavy atom.